The molecule has 2 aromatic carbocycles. The molecule has 2 aromatic rings. The van der Waals surface area contributed by atoms with Crippen LogP contribution < -0.4 is 5.32 Å². The molecule has 0 aromatic heterocycles. The summed E-state index contributed by atoms with van der Waals surface area (Å²) in [7, 11) is -0.672. The van der Waals surface area contributed by atoms with Gasteiger partial charge in [-0.15, -0.1) is 0 Å². The molecule has 172 valence electrons. The van der Waals surface area contributed by atoms with Gasteiger partial charge in [0, 0.05) is 46.0 Å². The first-order chi connectivity index (χ1) is 15.1. The van der Waals surface area contributed by atoms with Crippen molar-refractivity contribution in [2.24, 2.45) is 0 Å². The third kappa shape index (κ3) is 5.47. The predicted octanol–water partition coefficient (Wildman–Crippen LogP) is 2.30. The van der Waals surface area contributed by atoms with Crippen LogP contribution in [0.25, 0.3) is 0 Å². The highest BCUT2D eigenvalue weighted by molar-refractivity contribution is 7.89. The zero-order valence-electron chi connectivity index (χ0n) is 18.3. The summed E-state index contributed by atoms with van der Waals surface area (Å²) in [6.45, 7) is 3.96. The number of aryl methyl sites for hydroxylation is 1. The van der Waals surface area contributed by atoms with Crippen LogP contribution in [0.2, 0.25) is 5.02 Å². The molecule has 1 heterocycles. The van der Waals surface area contributed by atoms with Crippen LogP contribution in [0.15, 0.2) is 47.4 Å². The third-order valence-electron chi connectivity index (χ3n) is 5.36. The smallest absolute Gasteiger partial charge is 0.255 e. The van der Waals surface area contributed by atoms with E-state index in [0.29, 0.717) is 48.0 Å². The van der Waals surface area contributed by atoms with Crippen LogP contribution in [-0.2, 0) is 14.8 Å². The molecule has 0 unspecified atom stereocenters. The first kappa shape index (κ1) is 24.2. The molecule has 1 aliphatic heterocycles. The lowest BCUT2D eigenvalue weighted by Crippen LogP contribution is -2.50. The van der Waals surface area contributed by atoms with E-state index in [0.717, 1.165) is 4.31 Å². The standard InChI is InChI=1S/C22H27ClN4O4S/c1-16-8-9-17(14-20(16)32(30,31)25(2)3)24-21(28)15-26-10-12-27(13-11-26)22(29)18-6-4-5-7-19(18)23/h4-9,14H,10-13,15H2,1-3H3,(H,24,28). The van der Waals surface area contributed by atoms with Crippen LogP contribution in [0.1, 0.15) is 15.9 Å². The van der Waals surface area contributed by atoms with Crippen LogP contribution in [-0.4, -0.2) is 81.2 Å². The number of carbonyl (C=O) groups is 2. The van der Waals surface area contributed by atoms with E-state index < -0.39 is 10.0 Å². The second-order valence-corrected chi connectivity index (χ2v) is 10.4. The van der Waals surface area contributed by atoms with Crippen molar-refractivity contribution in [3.63, 3.8) is 0 Å². The maximum atomic E-state index is 12.7. The van der Waals surface area contributed by atoms with Crippen LogP contribution in [0.4, 0.5) is 5.69 Å². The van der Waals surface area contributed by atoms with E-state index in [2.05, 4.69) is 5.32 Å². The van der Waals surface area contributed by atoms with Gasteiger partial charge in [-0.3, -0.25) is 14.5 Å². The number of carbonyl (C=O) groups excluding carboxylic acids is 2. The number of amides is 2. The topological polar surface area (TPSA) is 90.0 Å². The molecule has 1 aliphatic rings. The first-order valence-electron chi connectivity index (χ1n) is 10.2. The SMILES string of the molecule is Cc1ccc(NC(=O)CN2CCN(C(=O)c3ccccc3Cl)CC2)cc1S(=O)(=O)N(C)C. The maximum absolute atomic E-state index is 12.7. The Labute approximate surface area is 193 Å². The van der Waals surface area contributed by atoms with Crippen molar-refractivity contribution in [2.75, 3.05) is 52.1 Å². The molecular weight excluding hydrogens is 452 g/mol. The lowest BCUT2D eigenvalue weighted by molar-refractivity contribution is -0.117. The number of nitrogens with one attached hydrogen (secondary N) is 1. The van der Waals surface area contributed by atoms with Gasteiger partial charge in [-0.05, 0) is 36.8 Å². The van der Waals surface area contributed by atoms with Crippen molar-refractivity contribution in [2.45, 2.75) is 11.8 Å². The summed E-state index contributed by atoms with van der Waals surface area (Å²) in [4.78, 5) is 29.0. The lowest BCUT2D eigenvalue weighted by atomic mass is 10.2. The van der Waals surface area contributed by atoms with Gasteiger partial charge >= 0.3 is 0 Å². The number of sulfonamides is 1. The first-order valence-corrected chi connectivity index (χ1v) is 12.0. The van der Waals surface area contributed by atoms with Gasteiger partial charge in [0.2, 0.25) is 15.9 Å². The third-order valence-corrected chi connectivity index (χ3v) is 7.65. The molecule has 0 bridgehead atoms. The molecule has 0 saturated carbocycles. The fourth-order valence-electron chi connectivity index (χ4n) is 3.47. The highest BCUT2D eigenvalue weighted by Crippen LogP contribution is 2.22. The van der Waals surface area contributed by atoms with Crippen LogP contribution in [0, 0.1) is 6.92 Å². The van der Waals surface area contributed by atoms with Gasteiger partial charge in [0.25, 0.3) is 5.91 Å². The largest absolute Gasteiger partial charge is 0.336 e. The Morgan fingerprint density at radius 2 is 1.72 bits per heavy atom. The molecule has 1 N–H and O–H groups in total. The summed E-state index contributed by atoms with van der Waals surface area (Å²) in [6, 6.07) is 11.8. The van der Waals surface area contributed by atoms with E-state index in [1.807, 2.05) is 4.90 Å². The van der Waals surface area contributed by atoms with Crippen molar-refractivity contribution >= 4 is 39.1 Å². The van der Waals surface area contributed by atoms with Gasteiger partial charge in [0.15, 0.2) is 0 Å². The number of nitrogens with zero attached hydrogens (tertiary/aromatic N) is 3. The number of anilines is 1. The molecule has 0 spiro atoms. The van der Waals surface area contributed by atoms with Gasteiger partial charge in [-0.2, -0.15) is 0 Å². The molecule has 0 aliphatic carbocycles. The van der Waals surface area contributed by atoms with Crippen molar-refractivity contribution < 1.29 is 18.0 Å². The van der Waals surface area contributed by atoms with E-state index in [1.54, 1.807) is 48.2 Å². The minimum atomic E-state index is -3.61. The second kappa shape index (κ2) is 9.99. The average molecular weight is 479 g/mol. The number of hydrogen-bond acceptors (Lipinski definition) is 5. The minimum absolute atomic E-state index is 0.117. The van der Waals surface area contributed by atoms with Gasteiger partial charge in [-0.1, -0.05) is 29.8 Å². The molecular formula is C22H27ClN4O4S. The van der Waals surface area contributed by atoms with Crippen molar-refractivity contribution in [3.05, 3.63) is 58.6 Å². The quantitative estimate of drug-likeness (QED) is 0.688. The zero-order valence-corrected chi connectivity index (χ0v) is 19.9. The highest BCUT2D eigenvalue weighted by Gasteiger charge is 2.25. The number of benzene rings is 2. The summed E-state index contributed by atoms with van der Waals surface area (Å²) in [5.74, 6) is -0.359. The number of piperazine rings is 1. The second-order valence-electron chi connectivity index (χ2n) is 7.86. The zero-order chi connectivity index (χ0) is 23.5. The monoisotopic (exact) mass is 478 g/mol. The predicted molar refractivity (Wildman–Crippen MR) is 124 cm³/mol. The van der Waals surface area contributed by atoms with Crippen LogP contribution >= 0.6 is 11.6 Å². The Morgan fingerprint density at radius 3 is 2.34 bits per heavy atom. The summed E-state index contributed by atoms with van der Waals surface area (Å²) in [6.07, 6.45) is 0. The van der Waals surface area contributed by atoms with Gasteiger partial charge in [0.05, 0.1) is 22.0 Å². The average Bonchev–Trinajstić information content (AvgIpc) is 2.75. The van der Waals surface area contributed by atoms with Crippen LogP contribution in [0.5, 0.6) is 0 Å². The van der Waals surface area contributed by atoms with Crippen molar-refractivity contribution in [1.82, 2.24) is 14.1 Å². The summed E-state index contributed by atoms with van der Waals surface area (Å²) in [5.41, 5.74) is 1.51. The van der Waals surface area contributed by atoms with E-state index >= 15 is 0 Å². The molecule has 1 fully saturated rings. The molecule has 32 heavy (non-hydrogen) atoms. The Kier molecular flexibility index (Phi) is 7.55. The lowest BCUT2D eigenvalue weighted by Gasteiger charge is -2.34. The molecule has 10 heteroatoms. The molecule has 2 amide bonds. The molecule has 0 radical (unpaired) electrons. The molecule has 3 rings (SSSR count). The van der Waals surface area contributed by atoms with E-state index in [9.17, 15) is 18.0 Å². The summed E-state index contributed by atoms with van der Waals surface area (Å²) < 4.78 is 26.1. The minimum Gasteiger partial charge on any atom is -0.336 e. The van der Waals surface area contributed by atoms with Crippen molar-refractivity contribution in [1.29, 1.82) is 0 Å². The maximum Gasteiger partial charge on any atom is 0.255 e. The number of rotatable bonds is 6. The van der Waals surface area contributed by atoms with E-state index in [4.69, 9.17) is 11.6 Å². The summed E-state index contributed by atoms with van der Waals surface area (Å²) in [5, 5.41) is 3.20. The highest BCUT2D eigenvalue weighted by atomic mass is 35.5. The Morgan fingerprint density at radius 1 is 1.06 bits per heavy atom. The molecule has 1 saturated heterocycles. The van der Waals surface area contributed by atoms with Gasteiger partial charge in [0.1, 0.15) is 0 Å². The summed E-state index contributed by atoms with van der Waals surface area (Å²) >= 11 is 6.13. The number of halogens is 1. The normalized spacial score (nSPS) is 15.1. The fraction of sp³-hybridized carbons (Fsp3) is 0.364. The van der Waals surface area contributed by atoms with Crippen LogP contribution in [0.3, 0.4) is 0 Å². The Hall–Kier alpha value is -2.46. The van der Waals surface area contributed by atoms with E-state index in [1.165, 1.54) is 20.2 Å². The fourth-order valence-corrected chi connectivity index (χ4v) is 4.83. The van der Waals surface area contributed by atoms with Gasteiger partial charge < -0.3 is 10.2 Å². The Bertz CT molecular complexity index is 1110. The number of hydrogen-bond donors (Lipinski definition) is 1. The Balaban J connectivity index is 1.57. The van der Waals surface area contributed by atoms with Crippen molar-refractivity contribution in [3.8, 4) is 0 Å². The van der Waals surface area contributed by atoms with E-state index in [-0.39, 0.29) is 23.3 Å². The molecule has 0 atom stereocenters. The van der Waals surface area contributed by atoms with Gasteiger partial charge in [-0.25, -0.2) is 12.7 Å². The molecule has 8 nitrogen and oxygen atoms in total.